The summed E-state index contributed by atoms with van der Waals surface area (Å²) in [7, 11) is 0. The van der Waals surface area contributed by atoms with Gasteiger partial charge in [0.25, 0.3) is 0 Å². The highest BCUT2D eigenvalue weighted by molar-refractivity contribution is 5.32. The molecule has 0 bridgehead atoms. The zero-order chi connectivity index (χ0) is 12.5. The second kappa shape index (κ2) is 4.79. The third kappa shape index (κ3) is 2.88. The number of aryl methyl sites for hydroxylation is 2. The van der Waals surface area contributed by atoms with Crippen LogP contribution in [0.3, 0.4) is 0 Å². The van der Waals surface area contributed by atoms with E-state index in [1.807, 2.05) is 0 Å². The molecule has 1 atom stereocenters. The van der Waals surface area contributed by atoms with Gasteiger partial charge in [0.1, 0.15) is 0 Å². The van der Waals surface area contributed by atoms with Gasteiger partial charge in [-0.1, -0.05) is 23.8 Å². The minimum atomic E-state index is 0.186. The van der Waals surface area contributed by atoms with Crippen molar-refractivity contribution in [1.82, 2.24) is 5.32 Å². The first kappa shape index (κ1) is 12.6. The fraction of sp³-hybridized carbons (Fsp3) is 0.600. The van der Waals surface area contributed by atoms with Gasteiger partial charge in [0, 0.05) is 24.6 Å². The lowest BCUT2D eigenvalue weighted by Gasteiger charge is -2.20. The summed E-state index contributed by atoms with van der Waals surface area (Å²) in [5.74, 6) is 0. The highest BCUT2D eigenvalue weighted by Gasteiger charge is 2.41. The minimum absolute atomic E-state index is 0.186. The quantitative estimate of drug-likeness (QED) is 0.819. The number of aliphatic hydroxyl groups is 1. The smallest absolute Gasteiger partial charge is 0.0499 e. The third-order valence-electron chi connectivity index (χ3n) is 3.98. The van der Waals surface area contributed by atoms with E-state index < -0.39 is 0 Å². The normalized spacial score (nSPS) is 19.1. The predicted octanol–water partition coefficient (Wildman–Crippen LogP) is 2.73. The lowest BCUT2D eigenvalue weighted by Crippen LogP contribution is -2.29. The van der Waals surface area contributed by atoms with E-state index in [4.69, 9.17) is 0 Å². The van der Waals surface area contributed by atoms with Crippen molar-refractivity contribution in [3.8, 4) is 0 Å². The molecule has 0 saturated heterocycles. The average Bonchev–Trinajstić information content (AvgIpc) is 3.10. The maximum atomic E-state index is 9.30. The molecule has 2 N–H and O–H groups in total. The fourth-order valence-corrected chi connectivity index (χ4v) is 2.27. The highest BCUT2D eigenvalue weighted by atomic mass is 16.3. The maximum Gasteiger partial charge on any atom is 0.0499 e. The Morgan fingerprint density at radius 3 is 2.65 bits per heavy atom. The zero-order valence-corrected chi connectivity index (χ0v) is 11.1. The Morgan fingerprint density at radius 1 is 1.35 bits per heavy atom. The topological polar surface area (TPSA) is 32.3 Å². The molecule has 2 rings (SSSR count). The minimum Gasteiger partial charge on any atom is -0.396 e. The Bertz CT molecular complexity index is 396. The van der Waals surface area contributed by atoms with Crippen LogP contribution in [0.5, 0.6) is 0 Å². The lowest BCUT2D eigenvalue weighted by molar-refractivity contribution is 0.204. The molecular weight excluding hydrogens is 210 g/mol. The number of rotatable bonds is 5. The molecule has 1 saturated carbocycles. The summed E-state index contributed by atoms with van der Waals surface area (Å²) in [4.78, 5) is 0. The van der Waals surface area contributed by atoms with Crippen LogP contribution >= 0.6 is 0 Å². The van der Waals surface area contributed by atoms with Gasteiger partial charge in [-0.2, -0.15) is 0 Å². The van der Waals surface area contributed by atoms with Crippen molar-refractivity contribution < 1.29 is 5.11 Å². The Kier molecular flexibility index (Phi) is 3.55. The van der Waals surface area contributed by atoms with Crippen molar-refractivity contribution in [3.05, 3.63) is 34.9 Å². The SMILES string of the molecule is Cc1ccc(C)c(C(C)NCC2(CO)CC2)c1. The van der Waals surface area contributed by atoms with Crippen LogP contribution in [-0.2, 0) is 0 Å². The van der Waals surface area contributed by atoms with Gasteiger partial charge in [-0.15, -0.1) is 0 Å². The van der Waals surface area contributed by atoms with E-state index in [1.54, 1.807) is 0 Å². The molecular formula is C15H23NO. The lowest BCUT2D eigenvalue weighted by atomic mass is 9.99. The molecule has 1 aliphatic carbocycles. The van der Waals surface area contributed by atoms with Crippen molar-refractivity contribution >= 4 is 0 Å². The summed E-state index contributed by atoms with van der Waals surface area (Å²) in [5, 5.41) is 12.9. The Balaban J connectivity index is 1.99. The summed E-state index contributed by atoms with van der Waals surface area (Å²) in [6.07, 6.45) is 2.33. The van der Waals surface area contributed by atoms with Crippen LogP contribution < -0.4 is 5.32 Å². The van der Waals surface area contributed by atoms with Crippen LogP contribution in [0, 0.1) is 19.3 Å². The molecule has 0 heterocycles. The Morgan fingerprint density at radius 2 is 2.06 bits per heavy atom. The first-order valence-corrected chi connectivity index (χ1v) is 6.48. The number of hydrogen-bond acceptors (Lipinski definition) is 2. The summed E-state index contributed by atoms with van der Waals surface area (Å²) < 4.78 is 0. The van der Waals surface area contributed by atoms with Crippen LogP contribution in [0.4, 0.5) is 0 Å². The molecule has 1 aromatic carbocycles. The molecule has 17 heavy (non-hydrogen) atoms. The summed E-state index contributed by atoms with van der Waals surface area (Å²) >= 11 is 0. The predicted molar refractivity (Wildman–Crippen MR) is 71.1 cm³/mol. The fourth-order valence-electron chi connectivity index (χ4n) is 2.27. The van der Waals surface area contributed by atoms with Crippen molar-refractivity contribution in [2.75, 3.05) is 13.2 Å². The van der Waals surface area contributed by atoms with E-state index in [1.165, 1.54) is 16.7 Å². The second-order valence-corrected chi connectivity index (χ2v) is 5.62. The molecule has 1 unspecified atom stereocenters. The van der Waals surface area contributed by atoms with E-state index in [2.05, 4.69) is 44.3 Å². The van der Waals surface area contributed by atoms with Crippen molar-refractivity contribution in [2.45, 2.75) is 39.7 Å². The van der Waals surface area contributed by atoms with Gasteiger partial charge in [-0.25, -0.2) is 0 Å². The molecule has 1 aliphatic rings. The molecule has 2 nitrogen and oxygen atoms in total. The van der Waals surface area contributed by atoms with Crippen LogP contribution in [0.25, 0.3) is 0 Å². The molecule has 2 heteroatoms. The van der Waals surface area contributed by atoms with Crippen LogP contribution in [-0.4, -0.2) is 18.3 Å². The Labute approximate surface area is 104 Å². The maximum absolute atomic E-state index is 9.30. The standard InChI is InChI=1S/C15H23NO/c1-11-4-5-12(2)14(8-11)13(3)16-9-15(10-17)6-7-15/h4-5,8,13,16-17H,6-7,9-10H2,1-3H3. The first-order valence-electron chi connectivity index (χ1n) is 6.48. The largest absolute Gasteiger partial charge is 0.396 e. The Hall–Kier alpha value is -0.860. The second-order valence-electron chi connectivity index (χ2n) is 5.62. The van der Waals surface area contributed by atoms with Crippen LogP contribution in [0.15, 0.2) is 18.2 Å². The third-order valence-corrected chi connectivity index (χ3v) is 3.98. The molecule has 94 valence electrons. The number of benzene rings is 1. The molecule has 0 amide bonds. The molecule has 0 radical (unpaired) electrons. The highest BCUT2D eigenvalue weighted by Crippen LogP contribution is 2.44. The summed E-state index contributed by atoms with van der Waals surface area (Å²) in [6, 6.07) is 6.95. The van der Waals surface area contributed by atoms with Crippen LogP contribution in [0.1, 0.15) is 42.5 Å². The number of aliphatic hydroxyl groups excluding tert-OH is 1. The number of hydrogen-bond donors (Lipinski definition) is 2. The van der Waals surface area contributed by atoms with Gasteiger partial charge in [0.2, 0.25) is 0 Å². The molecule has 0 aliphatic heterocycles. The summed E-state index contributed by atoms with van der Waals surface area (Å²) in [5.41, 5.74) is 4.21. The van der Waals surface area contributed by atoms with E-state index >= 15 is 0 Å². The molecule has 0 spiro atoms. The van der Waals surface area contributed by atoms with Gasteiger partial charge in [-0.3, -0.25) is 0 Å². The van der Waals surface area contributed by atoms with Gasteiger partial charge in [-0.05, 0) is 44.7 Å². The van der Waals surface area contributed by atoms with Crippen molar-refractivity contribution in [1.29, 1.82) is 0 Å². The van der Waals surface area contributed by atoms with Crippen molar-refractivity contribution in [3.63, 3.8) is 0 Å². The van der Waals surface area contributed by atoms with Gasteiger partial charge < -0.3 is 10.4 Å². The van der Waals surface area contributed by atoms with Crippen molar-refractivity contribution in [2.24, 2.45) is 5.41 Å². The molecule has 1 fully saturated rings. The van der Waals surface area contributed by atoms with E-state index in [-0.39, 0.29) is 5.41 Å². The van der Waals surface area contributed by atoms with E-state index in [9.17, 15) is 5.11 Å². The number of nitrogens with one attached hydrogen (secondary N) is 1. The van der Waals surface area contributed by atoms with Crippen LogP contribution in [0.2, 0.25) is 0 Å². The van der Waals surface area contributed by atoms with Gasteiger partial charge >= 0.3 is 0 Å². The van der Waals surface area contributed by atoms with Gasteiger partial charge in [0.05, 0.1) is 0 Å². The summed E-state index contributed by atoms with van der Waals surface area (Å²) in [6.45, 7) is 7.74. The molecule has 0 aromatic heterocycles. The van der Waals surface area contributed by atoms with E-state index in [0.29, 0.717) is 12.6 Å². The van der Waals surface area contributed by atoms with E-state index in [0.717, 1.165) is 19.4 Å². The zero-order valence-electron chi connectivity index (χ0n) is 11.1. The monoisotopic (exact) mass is 233 g/mol. The molecule has 1 aromatic rings. The first-order chi connectivity index (χ1) is 8.06. The van der Waals surface area contributed by atoms with Gasteiger partial charge in [0.15, 0.2) is 0 Å². The average molecular weight is 233 g/mol.